The van der Waals surface area contributed by atoms with Crippen LogP contribution in [0.4, 0.5) is 0 Å². The Bertz CT molecular complexity index is 558. The van der Waals surface area contributed by atoms with Crippen LogP contribution in [0.5, 0.6) is 0 Å². The van der Waals surface area contributed by atoms with Crippen molar-refractivity contribution in [3.63, 3.8) is 0 Å². The third-order valence-corrected chi connectivity index (χ3v) is 5.78. The predicted molar refractivity (Wildman–Crippen MR) is 90.8 cm³/mol. The minimum Gasteiger partial charge on any atom is -0.337 e. The van der Waals surface area contributed by atoms with Gasteiger partial charge in [-0.3, -0.25) is 9.69 Å². The standard InChI is InChI=1S/C17H22Cl2N2O/c1-20(17(22)12-7-8-13(18)14(19)11-12)15-5-4-6-16(15)21-9-2-3-10-21/h7-8,11,15-16H,2-6,9-10H2,1H3/t15-,16+/m0/s1. The highest BCUT2D eigenvalue weighted by Gasteiger charge is 2.37. The molecule has 1 aliphatic heterocycles. The Morgan fingerprint density at radius 3 is 2.55 bits per heavy atom. The van der Waals surface area contributed by atoms with Gasteiger partial charge in [0.25, 0.3) is 5.91 Å². The summed E-state index contributed by atoms with van der Waals surface area (Å²) in [5.41, 5.74) is 0.615. The number of carbonyl (C=O) groups excluding carboxylic acids is 1. The number of amides is 1. The van der Waals surface area contributed by atoms with Crippen LogP contribution >= 0.6 is 23.2 Å². The maximum absolute atomic E-state index is 12.8. The molecular formula is C17H22Cl2N2O. The quantitative estimate of drug-likeness (QED) is 0.827. The molecule has 0 radical (unpaired) electrons. The summed E-state index contributed by atoms with van der Waals surface area (Å²) in [7, 11) is 1.92. The number of likely N-dealkylation sites (N-methyl/N-ethyl adjacent to an activating group) is 1. The van der Waals surface area contributed by atoms with Crippen LogP contribution in [-0.4, -0.2) is 47.9 Å². The van der Waals surface area contributed by atoms with Gasteiger partial charge in [0, 0.05) is 24.7 Å². The van der Waals surface area contributed by atoms with Crippen LogP contribution in [-0.2, 0) is 0 Å². The number of nitrogens with zero attached hydrogens (tertiary/aromatic N) is 2. The minimum atomic E-state index is 0.0367. The second-order valence-electron chi connectivity index (χ2n) is 6.35. The molecule has 0 spiro atoms. The summed E-state index contributed by atoms with van der Waals surface area (Å²) in [6, 6.07) is 5.94. The SMILES string of the molecule is CN(C(=O)c1ccc(Cl)c(Cl)c1)[C@H]1CCC[C@H]1N1CCCC1. The summed E-state index contributed by atoms with van der Waals surface area (Å²) >= 11 is 12.0. The third-order valence-electron chi connectivity index (χ3n) is 5.04. The van der Waals surface area contributed by atoms with Crippen LogP contribution < -0.4 is 0 Å². The summed E-state index contributed by atoms with van der Waals surface area (Å²) in [5, 5.41) is 0.917. The molecule has 120 valence electrons. The van der Waals surface area contributed by atoms with Gasteiger partial charge in [0.05, 0.1) is 10.0 Å². The summed E-state index contributed by atoms with van der Waals surface area (Å²) in [6.45, 7) is 2.35. The molecule has 3 rings (SSSR count). The largest absolute Gasteiger partial charge is 0.337 e. The normalized spacial score (nSPS) is 25.6. The van der Waals surface area contributed by atoms with E-state index in [1.54, 1.807) is 18.2 Å². The number of rotatable bonds is 3. The highest BCUT2D eigenvalue weighted by Crippen LogP contribution is 2.31. The van der Waals surface area contributed by atoms with Crippen LogP contribution in [0.2, 0.25) is 10.0 Å². The number of likely N-dealkylation sites (tertiary alicyclic amines) is 1. The minimum absolute atomic E-state index is 0.0367. The van der Waals surface area contributed by atoms with E-state index in [1.165, 1.54) is 38.8 Å². The summed E-state index contributed by atoms with van der Waals surface area (Å²) in [6.07, 6.45) is 6.06. The lowest BCUT2D eigenvalue weighted by Gasteiger charge is -2.35. The van der Waals surface area contributed by atoms with Gasteiger partial charge in [-0.05, 0) is 63.4 Å². The first kappa shape index (κ1) is 16.1. The highest BCUT2D eigenvalue weighted by atomic mass is 35.5. The van der Waals surface area contributed by atoms with E-state index in [0.717, 1.165) is 6.42 Å². The second-order valence-corrected chi connectivity index (χ2v) is 7.17. The molecule has 1 aromatic carbocycles. The lowest BCUT2D eigenvalue weighted by atomic mass is 10.1. The molecule has 1 aliphatic carbocycles. The van der Waals surface area contributed by atoms with Crippen molar-refractivity contribution in [3.05, 3.63) is 33.8 Å². The van der Waals surface area contributed by atoms with E-state index < -0.39 is 0 Å². The molecule has 22 heavy (non-hydrogen) atoms. The van der Waals surface area contributed by atoms with Gasteiger partial charge >= 0.3 is 0 Å². The van der Waals surface area contributed by atoms with Gasteiger partial charge in [-0.2, -0.15) is 0 Å². The second kappa shape index (κ2) is 6.77. The molecule has 0 aromatic heterocycles. The zero-order valence-corrected chi connectivity index (χ0v) is 14.4. The molecule has 1 saturated heterocycles. The maximum atomic E-state index is 12.8. The third kappa shape index (κ3) is 3.12. The predicted octanol–water partition coefficient (Wildman–Crippen LogP) is 4.08. The zero-order valence-electron chi connectivity index (χ0n) is 12.9. The van der Waals surface area contributed by atoms with Gasteiger partial charge < -0.3 is 4.90 Å². The fraction of sp³-hybridized carbons (Fsp3) is 0.588. The number of hydrogen-bond donors (Lipinski definition) is 0. The Kier molecular flexibility index (Phi) is 4.96. The van der Waals surface area contributed by atoms with Crippen LogP contribution in [0, 0.1) is 0 Å². The van der Waals surface area contributed by atoms with Crippen molar-refractivity contribution in [2.75, 3.05) is 20.1 Å². The molecule has 1 amide bonds. The van der Waals surface area contributed by atoms with Crippen LogP contribution in [0.15, 0.2) is 18.2 Å². The molecule has 0 bridgehead atoms. The molecule has 0 N–H and O–H groups in total. The zero-order chi connectivity index (χ0) is 15.7. The van der Waals surface area contributed by atoms with E-state index in [0.29, 0.717) is 27.7 Å². The first-order chi connectivity index (χ1) is 10.6. The van der Waals surface area contributed by atoms with Crippen molar-refractivity contribution in [2.24, 2.45) is 0 Å². The van der Waals surface area contributed by atoms with E-state index >= 15 is 0 Å². The smallest absolute Gasteiger partial charge is 0.253 e. The van der Waals surface area contributed by atoms with Gasteiger partial charge in [0.2, 0.25) is 0 Å². The Labute approximate surface area is 142 Å². The molecular weight excluding hydrogens is 319 g/mol. The first-order valence-electron chi connectivity index (χ1n) is 8.04. The van der Waals surface area contributed by atoms with Crippen molar-refractivity contribution in [2.45, 2.75) is 44.2 Å². The van der Waals surface area contributed by atoms with Crippen molar-refractivity contribution in [3.8, 4) is 0 Å². The van der Waals surface area contributed by atoms with Crippen molar-refractivity contribution < 1.29 is 4.79 Å². The van der Waals surface area contributed by atoms with E-state index in [-0.39, 0.29) is 5.91 Å². The number of halogens is 2. The Hall–Kier alpha value is -0.770. The number of benzene rings is 1. The highest BCUT2D eigenvalue weighted by molar-refractivity contribution is 6.42. The Balaban J connectivity index is 1.75. The number of hydrogen-bond acceptors (Lipinski definition) is 2. The molecule has 5 heteroatoms. The molecule has 3 nitrogen and oxygen atoms in total. The average Bonchev–Trinajstić information content (AvgIpc) is 3.18. The van der Waals surface area contributed by atoms with E-state index in [2.05, 4.69) is 4.90 Å². The Morgan fingerprint density at radius 2 is 1.86 bits per heavy atom. The number of carbonyl (C=O) groups is 1. The van der Waals surface area contributed by atoms with Crippen LogP contribution in [0.25, 0.3) is 0 Å². The molecule has 2 atom stereocenters. The van der Waals surface area contributed by atoms with Gasteiger partial charge in [-0.1, -0.05) is 23.2 Å². The molecule has 1 heterocycles. The summed E-state index contributed by atoms with van der Waals surface area (Å²) in [5.74, 6) is 0.0367. The summed E-state index contributed by atoms with van der Waals surface area (Å²) in [4.78, 5) is 17.2. The van der Waals surface area contributed by atoms with Gasteiger partial charge in [-0.15, -0.1) is 0 Å². The summed E-state index contributed by atoms with van der Waals surface area (Å²) < 4.78 is 0. The lowest BCUT2D eigenvalue weighted by molar-refractivity contribution is 0.0646. The fourth-order valence-corrected chi connectivity index (χ4v) is 4.15. The molecule has 1 aromatic rings. The van der Waals surface area contributed by atoms with Crippen LogP contribution in [0.1, 0.15) is 42.5 Å². The average molecular weight is 341 g/mol. The van der Waals surface area contributed by atoms with Gasteiger partial charge in [0.1, 0.15) is 0 Å². The van der Waals surface area contributed by atoms with E-state index in [1.807, 2.05) is 11.9 Å². The molecule has 2 fully saturated rings. The molecule has 1 saturated carbocycles. The molecule has 2 aliphatic rings. The van der Waals surface area contributed by atoms with Crippen molar-refractivity contribution in [1.29, 1.82) is 0 Å². The van der Waals surface area contributed by atoms with E-state index in [4.69, 9.17) is 23.2 Å². The molecule has 0 unspecified atom stereocenters. The fourth-order valence-electron chi connectivity index (χ4n) is 3.86. The van der Waals surface area contributed by atoms with Gasteiger partial charge in [-0.25, -0.2) is 0 Å². The maximum Gasteiger partial charge on any atom is 0.253 e. The van der Waals surface area contributed by atoms with Gasteiger partial charge in [0.15, 0.2) is 0 Å². The van der Waals surface area contributed by atoms with Crippen molar-refractivity contribution >= 4 is 29.1 Å². The van der Waals surface area contributed by atoms with Crippen molar-refractivity contribution in [1.82, 2.24) is 9.80 Å². The monoisotopic (exact) mass is 340 g/mol. The Morgan fingerprint density at radius 1 is 1.14 bits per heavy atom. The lowest BCUT2D eigenvalue weighted by Crippen LogP contribution is -2.48. The topological polar surface area (TPSA) is 23.6 Å². The van der Waals surface area contributed by atoms with Crippen LogP contribution in [0.3, 0.4) is 0 Å². The van der Waals surface area contributed by atoms with E-state index in [9.17, 15) is 4.79 Å². The first-order valence-corrected chi connectivity index (χ1v) is 8.80.